The van der Waals surface area contributed by atoms with Gasteiger partial charge in [0.15, 0.2) is 0 Å². The lowest BCUT2D eigenvalue weighted by molar-refractivity contribution is 0.0705. The second-order valence-electron chi connectivity index (χ2n) is 6.90. The summed E-state index contributed by atoms with van der Waals surface area (Å²) >= 11 is 0. The standard InChI is InChI=1S/C21H27FN2O2/c1-17-3-9-21(10-4-17)26-16-20(25)15-23-11-2-12-24(14-13-23)19-7-5-18(22)6-8-19/h3-10,20,25H,2,11-16H2,1H3. The molecule has 0 saturated carbocycles. The Kier molecular flexibility index (Phi) is 6.47. The number of benzene rings is 2. The molecular weight excluding hydrogens is 331 g/mol. The van der Waals surface area contributed by atoms with Crippen LogP contribution in [0.25, 0.3) is 0 Å². The zero-order valence-electron chi connectivity index (χ0n) is 15.3. The lowest BCUT2D eigenvalue weighted by Crippen LogP contribution is -2.38. The van der Waals surface area contributed by atoms with Gasteiger partial charge in [0, 0.05) is 31.9 Å². The first-order valence-corrected chi connectivity index (χ1v) is 9.20. The van der Waals surface area contributed by atoms with Crippen LogP contribution in [0.4, 0.5) is 10.1 Å². The highest BCUT2D eigenvalue weighted by Gasteiger charge is 2.18. The summed E-state index contributed by atoms with van der Waals surface area (Å²) in [5.41, 5.74) is 2.24. The van der Waals surface area contributed by atoms with Crippen molar-refractivity contribution in [3.8, 4) is 5.75 Å². The normalized spacial score (nSPS) is 17.0. The number of rotatable bonds is 6. The third-order valence-corrected chi connectivity index (χ3v) is 4.71. The molecule has 3 rings (SSSR count). The number of hydrogen-bond donors (Lipinski definition) is 1. The van der Waals surface area contributed by atoms with E-state index in [1.54, 1.807) is 0 Å². The van der Waals surface area contributed by atoms with E-state index < -0.39 is 6.10 Å². The van der Waals surface area contributed by atoms with Crippen molar-refractivity contribution >= 4 is 5.69 Å². The molecule has 1 heterocycles. The molecule has 1 unspecified atom stereocenters. The molecule has 0 amide bonds. The average Bonchev–Trinajstić information content (AvgIpc) is 2.87. The predicted molar refractivity (Wildman–Crippen MR) is 102 cm³/mol. The number of anilines is 1. The minimum absolute atomic E-state index is 0.207. The van der Waals surface area contributed by atoms with Crippen LogP contribution in [0.15, 0.2) is 48.5 Å². The quantitative estimate of drug-likeness (QED) is 0.861. The lowest BCUT2D eigenvalue weighted by Gasteiger charge is -2.25. The van der Waals surface area contributed by atoms with Crippen LogP contribution in [0.2, 0.25) is 0 Å². The Morgan fingerprint density at radius 2 is 1.73 bits per heavy atom. The van der Waals surface area contributed by atoms with E-state index >= 15 is 0 Å². The van der Waals surface area contributed by atoms with E-state index in [0.717, 1.165) is 44.0 Å². The maximum atomic E-state index is 13.1. The largest absolute Gasteiger partial charge is 0.491 e. The number of hydrogen-bond acceptors (Lipinski definition) is 4. The van der Waals surface area contributed by atoms with Gasteiger partial charge < -0.3 is 14.7 Å². The van der Waals surface area contributed by atoms with Crippen LogP contribution < -0.4 is 9.64 Å². The minimum Gasteiger partial charge on any atom is -0.491 e. The average molecular weight is 358 g/mol. The van der Waals surface area contributed by atoms with Gasteiger partial charge in [0.25, 0.3) is 0 Å². The molecular formula is C21H27FN2O2. The highest BCUT2D eigenvalue weighted by molar-refractivity contribution is 5.46. The molecule has 4 nitrogen and oxygen atoms in total. The summed E-state index contributed by atoms with van der Waals surface area (Å²) in [4.78, 5) is 4.54. The Morgan fingerprint density at radius 1 is 1.00 bits per heavy atom. The molecule has 0 aromatic heterocycles. The Bertz CT molecular complexity index is 675. The van der Waals surface area contributed by atoms with E-state index in [4.69, 9.17) is 4.74 Å². The zero-order chi connectivity index (χ0) is 18.4. The molecule has 1 saturated heterocycles. The van der Waals surface area contributed by atoms with Gasteiger partial charge in [-0.05, 0) is 56.3 Å². The number of nitrogens with zero attached hydrogens (tertiary/aromatic N) is 2. The van der Waals surface area contributed by atoms with Crippen molar-refractivity contribution in [2.24, 2.45) is 0 Å². The maximum absolute atomic E-state index is 13.1. The Hall–Kier alpha value is -2.11. The molecule has 0 bridgehead atoms. The molecule has 1 aliphatic rings. The summed E-state index contributed by atoms with van der Waals surface area (Å²) in [6.45, 7) is 6.56. The van der Waals surface area contributed by atoms with Crippen LogP contribution >= 0.6 is 0 Å². The van der Waals surface area contributed by atoms with Crippen molar-refractivity contribution in [1.82, 2.24) is 4.90 Å². The number of aliphatic hydroxyl groups excluding tert-OH is 1. The summed E-state index contributed by atoms with van der Waals surface area (Å²) in [6, 6.07) is 14.5. The fraction of sp³-hybridized carbons (Fsp3) is 0.429. The highest BCUT2D eigenvalue weighted by Crippen LogP contribution is 2.17. The van der Waals surface area contributed by atoms with Crippen molar-refractivity contribution in [3.63, 3.8) is 0 Å². The second kappa shape index (κ2) is 9.01. The molecule has 0 aliphatic carbocycles. The predicted octanol–water partition coefficient (Wildman–Crippen LogP) is 3.09. The fourth-order valence-electron chi connectivity index (χ4n) is 3.24. The molecule has 1 atom stereocenters. The number of aliphatic hydroxyl groups is 1. The number of ether oxygens (including phenoxy) is 1. The number of β-amino-alcohol motifs (C(OH)–C–C–N with tert-alkyl or cyclic N) is 1. The molecule has 26 heavy (non-hydrogen) atoms. The van der Waals surface area contributed by atoms with Crippen LogP contribution in [-0.2, 0) is 0 Å². The van der Waals surface area contributed by atoms with Crippen LogP contribution in [0.3, 0.4) is 0 Å². The van der Waals surface area contributed by atoms with Crippen LogP contribution in [0, 0.1) is 12.7 Å². The topological polar surface area (TPSA) is 35.9 Å². The van der Waals surface area contributed by atoms with E-state index in [2.05, 4.69) is 9.80 Å². The first-order valence-electron chi connectivity index (χ1n) is 9.20. The van der Waals surface area contributed by atoms with Gasteiger partial charge in [-0.1, -0.05) is 17.7 Å². The van der Waals surface area contributed by atoms with Gasteiger partial charge in [0.2, 0.25) is 0 Å². The summed E-state index contributed by atoms with van der Waals surface area (Å²) < 4.78 is 18.8. The molecule has 1 aliphatic heterocycles. The molecule has 0 radical (unpaired) electrons. The van der Waals surface area contributed by atoms with Crippen molar-refractivity contribution in [2.75, 3.05) is 44.2 Å². The smallest absolute Gasteiger partial charge is 0.123 e. The lowest BCUT2D eigenvalue weighted by atomic mass is 10.2. The molecule has 2 aromatic carbocycles. The van der Waals surface area contributed by atoms with Crippen LogP contribution in [-0.4, -0.2) is 55.4 Å². The summed E-state index contributed by atoms with van der Waals surface area (Å²) in [5.74, 6) is 0.579. The number of aryl methyl sites for hydroxylation is 1. The van der Waals surface area contributed by atoms with Crippen LogP contribution in [0.1, 0.15) is 12.0 Å². The Balaban J connectivity index is 1.45. The van der Waals surface area contributed by atoms with Gasteiger partial charge in [-0.15, -0.1) is 0 Å². The highest BCUT2D eigenvalue weighted by atomic mass is 19.1. The van der Waals surface area contributed by atoms with E-state index in [9.17, 15) is 9.50 Å². The van der Waals surface area contributed by atoms with Gasteiger partial charge in [-0.3, -0.25) is 4.90 Å². The molecule has 1 N–H and O–H groups in total. The summed E-state index contributed by atoms with van der Waals surface area (Å²) in [7, 11) is 0. The molecule has 2 aromatic rings. The Morgan fingerprint density at radius 3 is 2.46 bits per heavy atom. The van der Waals surface area contributed by atoms with Gasteiger partial charge >= 0.3 is 0 Å². The monoisotopic (exact) mass is 358 g/mol. The van der Waals surface area contributed by atoms with Gasteiger partial charge in [-0.2, -0.15) is 0 Å². The zero-order valence-corrected chi connectivity index (χ0v) is 15.3. The van der Waals surface area contributed by atoms with Gasteiger partial charge in [0.1, 0.15) is 24.3 Å². The van der Waals surface area contributed by atoms with E-state index in [1.807, 2.05) is 43.3 Å². The van der Waals surface area contributed by atoms with Crippen molar-refractivity contribution in [2.45, 2.75) is 19.4 Å². The van der Waals surface area contributed by atoms with E-state index in [0.29, 0.717) is 13.2 Å². The van der Waals surface area contributed by atoms with Crippen molar-refractivity contribution in [1.29, 1.82) is 0 Å². The summed E-state index contributed by atoms with van der Waals surface area (Å²) in [5, 5.41) is 10.3. The third-order valence-electron chi connectivity index (χ3n) is 4.71. The van der Waals surface area contributed by atoms with Crippen molar-refractivity contribution < 1.29 is 14.2 Å². The molecule has 140 valence electrons. The van der Waals surface area contributed by atoms with Gasteiger partial charge in [0.05, 0.1) is 0 Å². The maximum Gasteiger partial charge on any atom is 0.123 e. The first-order chi connectivity index (χ1) is 12.6. The van der Waals surface area contributed by atoms with E-state index in [1.165, 1.54) is 17.7 Å². The number of halogens is 1. The van der Waals surface area contributed by atoms with E-state index in [-0.39, 0.29) is 5.82 Å². The minimum atomic E-state index is -0.520. The molecule has 1 fully saturated rings. The first kappa shape index (κ1) is 18.7. The fourth-order valence-corrected chi connectivity index (χ4v) is 3.24. The van der Waals surface area contributed by atoms with Crippen molar-refractivity contribution in [3.05, 3.63) is 59.9 Å². The third kappa shape index (κ3) is 5.44. The summed E-state index contributed by atoms with van der Waals surface area (Å²) in [6.07, 6.45) is 0.497. The SMILES string of the molecule is Cc1ccc(OCC(O)CN2CCCN(c3ccc(F)cc3)CC2)cc1. The van der Waals surface area contributed by atoms with Crippen LogP contribution in [0.5, 0.6) is 5.75 Å². The molecule has 0 spiro atoms. The van der Waals surface area contributed by atoms with Gasteiger partial charge in [-0.25, -0.2) is 4.39 Å². The Labute approximate surface area is 154 Å². The second-order valence-corrected chi connectivity index (χ2v) is 6.90. The molecule has 5 heteroatoms.